The summed E-state index contributed by atoms with van der Waals surface area (Å²) >= 11 is 1.45. The van der Waals surface area contributed by atoms with E-state index in [1.54, 1.807) is 31.3 Å². The maximum Gasteiger partial charge on any atom is 0.265 e. The summed E-state index contributed by atoms with van der Waals surface area (Å²) in [5, 5.41) is 5.43. The Bertz CT molecular complexity index is 1010. The molecule has 6 heteroatoms. The number of hydrogen-bond acceptors (Lipinski definition) is 4. The fourth-order valence-electron chi connectivity index (χ4n) is 2.89. The Morgan fingerprint density at radius 2 is 1.88 bits per heavy atom. The van der Waals surface area contributed by atoms with Gasteiger partial charge in [-0.1, -0.05) is 18.2 Å². The number of fused-ring (bicyclic) bond motifs is 3. The normalized spacial score (nSPS) is 11.7. The smallest absolute Gasteiger partial charge is 0.265 e. The molecule has 2 aromatic carbocycles. The Balaban J connectivity index is 1.59. The second-order valence-electron chi connectivity index (χ2n) is 5.86. The number of anilines is 1. The number of hydrogen-bond donors (Lipinski definition) is 2. The molecule has 26 heavy (non-hydrogen) atoms. The highest BCUT2D eigenvalue weighted by atomic mass is 32.1. The lowest BCUT2D eigenvalue weighted by Crippen LogP contribution is -2.18. The number of carbonyl (C=O) groups excluding carboxylic acids is 2. The Kier molecular flexibility index (Phi) is 4.18. The molecule has 5 nitrogen and oxygen atoms in total. The summed E-state index contributed by atoms with van der Waals surface area (Å²) in [5.41, 5.74) is 3.11. The maximum atomic E-state index is 12.7. The van der Waals surface area contributed by atoms with Crippen molar-refractivity contribution in [1.29, 1.82) is 0 Å². The summed E-state index contributed by atoms with van der Waals surface area (Å²) in [6, 6.07) is 16.6. The number of nitrogens with one attached hydrogen (secondary N) is 2. The van der Waals surface area contributed by atoms with Gasteiger partial charge in [0.05, 0.1) is 4.88 Å². The molecule has 0 fully saturated rings. The van der Waals surface area contributed by atoms with Crippen molar-refractivity contribution in [3.05, 3.63) is 70.6 Å². The zero-order chi connectivity index (χ0) is 18.1. The van der Waals surface area contributed by atoms with Crippen LogP contribution in [0.3, 0.4) is 0 Å². The largest absolute Gasteiger partial charge is 0.488 e. The van der Waals surface area contributed by atoms with Gasteiger partial charge in [0.2, 0.25) is 0 Å². The SMILES string of the molecule is CNC(=O)c1cccc(NC(=O)c2cc3c(s2)-c2ccccc2OC3)c1. The van der Waals surface area contributed by atoms with E-state index in [1.165, 1.54) is 11.3 Å². The zero-order valence-electron chi connectivity index (χ0n) is 14.0. The molecule has 1 aliphatic rings. The lowest BCUT2D eigenvalue weighted by Gasteiger charge is -2.16. The Morgan fingerprint density at radius 1 is 1.04 bits per heavy atom. The van der Waals surface area contributed by atoms with Gasteiger partial charge in [0, 0.05) is 34.3 Å². The molecule has 2 N–H and O–H groups in total. The first-order valence-corrected chi connectivity index (χ1v) is 8.96. The molecule has 0 saturated heterocycles. The fraction of sp³-hybridized carbons (Fsp3) is 0.100. The molecule has 1 aliphatic heterocycles. The van der Waals surface area contributed by atoms with Crippen LogP contribution in [0.25, 0.3) is 10.4 Å². The van der Waals surface area contributed by atoms with Crippen molar-refractivity contribution < 1.29 is 14.3 Å². The molecule has 4 rings (SSSR count). The summed E-state index contributed by atoms with van der Waals surface area (Å²) in [6.07, 6.45) is 0. The molecule has 0 radical (unpaired) electrons. The molecule has 2 heterocycles. The van der Waals surface area contributed by atoms with Gasteiger partial charge < -0.3 is 15.4 Å². The maximum absolute atomic E-state index is 12.7. The average molecular weight is 364 g/mol. The van der Waals surface area contributed by atoms with Crippen LogP contribution in [0, 0.1) is 0 Å². The summed E-state index contributed by atoms with van der Waals surface area (Å²) in [5.74, 6) is 0.449. The van der Waals surface area contributed by atoms with E-state index < -0.39 is 0 Å². The van der Waals surface area contributed by atoms with Crippen LogP contribution in [0.15, 0.2) is 54.6 Å². The number of ether oxygens (including phenoxy) is 1. The summed E-state index contributed by atoms with van der Waals surface area (Å²) in [7, 11) is 1.57. The molecular weight excluding hydrogens is 348 g/mol. The van der Waals surface area contributed by atoms with Gasteiger partial charge in [0.1, 0.15) is 12.4 Å². The number of amides is 2. The number of carbonyl (C=O) groups is 2. The van der Waals surface area contributed by atoms with Gasteiger partial charge in [-0.05, 0) is 36.4 Å². The lowest BCUT2D eigenvalue weighted by atomic mass is 10.1. The van der Waals surface area contributed by atoms with Gasteiger partial charge in [0.15, 0.2) is 0 Å². The standard InChI is InChI=1S/C20H16N2O3S/c1-21-19(23)12-5-4-6-14(9-12)22-20(24)17-10-13-11-25-16-8-3-2-7-15(16)18(13)26-17/h2-10H,11H2,1H3,(H,21,23)(H,22,24). The van der Waals surface area contributed by atoms with Crippen molar-refractivity contribution in [1.82, 2.24) is 5.32 Å². The van der Waals surface area contributed by atoms with Crippen LogP contribution in [0.1, 0.15) is 25.6 Å². The van der Waals surface area contributed by atoms with Gasteiger partial charge in [-0.25, -0.2) is 0 Å². The summed E-state index contributed by atoms with van der Waals surface area (Å²) in [4.78, 5) is 26.1. The Morgan fingerprint density at radius 3 is 2.73 bits per heavy atom. The van der Waals surface area contributed by atoms with Crippen LogP contribution >= 0.6 is 11.3 Å². The highest BCUT2D eigenvalue weighted by Gasteiger charge is 2.22. The third-order valence-electron chi connectivity index (χ3n) is 4.16. The molecule has 0 saturated carbocycles. The Hall–Kier alpha value is -3.12. The summed E-state index contributed by atoms with van der Waals surface area (Å²) in [6.45, 7) is 0.461. The number of rotatable bonds is 3. The van der Waals surface area contributed by atoms with Crippen molar-refractivity contribution in [2.45, 2.75) is 6.61 Å². The fourth-order valence-corrected chi connectivity index (χ4v) is 3.98. The molecule has 3 aromatic rings. The van der Waals surface area contributed by atoms with Crippen LogP contribution in [0.4, 0.5) is 5.69 Å². The predicted molar refractivity (Wildman–Crippen MR) is 102 cm³/mol. The second kappa shape index (κ2) is 6.65. The molecule has 0 aliphatic carbocycles. The minimum atomic E-state index is -0.198. The molecule has 130 valence electrons. The minimum Gasteiger partial charge on any atom is -0.488 e. The van der Waals surface area contributed by atoms with E-state index in [9.17, 15) is 9.59 Å². The highest BCUT2D eigenvalue weighted by Crippen LogP contribution is 2.42. The molecule has 0 bridgehead atoms. The monoisotopic (exact) mass is 364 g/mol. The highest BCUT2D eigenvalue weighted by molar-refractivity contribution is 7.17. The quantitative estimate of drug-likeness (QED) is 0.740. The first-order chi connectivity index (χ1) is 12.7. The van der Waals surface area contributed by atoms with E-state index in [1.807, 2.05) is 30.3 Å². The predicted octanol–water partition coefficient (Wildman–Crippen LogP) is 3.92. The topological polar surface area (TPSA) is 67.4 Å². The van der Waals surface area contributed by atoms with Gasteiger partial charge in [-0.15, -0.1) is 11.3 Å². The number of thiophene rings is 1. The zero-order valence-corrected chi connectivity index (χ0v) is 14.9. The van der Waals surface area contributed by atoms with E-state index in [0.717, 1.165) is 21.8 Å². The van der Waals surface area contributed by atoms with Crippen molar-refractivity contribution in [3.63, 3.8) is 0 Å². The van der Waals surface area contributed by atoms with Crippen molar-refractivity contribution >= 4 is 28.8 Å². The molecule has 0 atom stereocenters. The lowest BCUT2D eigenvalue weighted by molar-refractivity contribution is 0.0961. The van der Waals surface area contributed by atoms with Gasteiger partial charge in [-0.2, -0.15) is 0 Å². The van der Waals surface area contributed by atoms with Crippen LogP contribution < -0.4 is 15.4 Å². The third kappa shape index (κ3) is 2.95. The van der Waals surface area contributed by atoms with Crippen molar-refractivity contribution in [3.8, 4) is 16.2 Å². The van der Waals surface area contributed by atoms with E-state index in [4.69, 9.17) is 4.74 Å². The van der Waals surface area contributed by atoms with Crippen molar-refractivity contribution in [2.24, 2.45) is 0 Å². The van der Waals surface area contributed by atoms with Crippen LogP contribution in [-0.4, -0.2) is 18.9 Å². The van der Waals surface area contributed by atoms with Crippen molar-refractivity contribution in [2.75, 3.05) is 12.4 Å². The average Bonchev–Trinajstić information content (AvgIpc) is 3.12. The van der Waals surface area contributed by atoms with Crippen LogP contribution in [-0.2, 0) is 6.61 Å². The van der Waals surface area contributed by atoms with Gasteiger partial charge >= 0.3 is 0 Å². The van der Waals surface area contributed by atoms with E-state index in [-0.39, 0.29) is 11.8 Å². The Labute approximate surface area is 154 Å². The van der Waals surface area contributed by atoms with E-state index >= 15 is 0 Å². The molecule has 0 spiro atoms. The summed E-state index contributed by atoms with van der Waals surface area (Å²) < 4.78 is 5.75. The molecule has 0 unspecified atom stereocenters. The first-order valence-electron chi connectivity index (χ1n) is 8.14. The molecule has 1 aromatic heterocycles. The molecular formula is C20H16N2O3S. The number of para-hydroxylation sites is 1. The van der Waals surface area contributed by atoms with Crippen LogP contribution in [0.2, 0.25) is 0 Å². The first kappa shape index (κ1) is 16.4. The van der Waals surface area contributed by atoms with E-state index in [2.05, 4.69) is 10.6 Å². The second-order valence-corrected chi connectivity index (χ2v) is 6.92. The third-order valence-corrected chi connectivity index (χ3v) is 5.37. The van der Waals surface area contributed by atoms with Gasteiger partial charge in [0.25, 0.3) is 11.8 Å². The van der Waals surface area contributed by atoms with Gasteiger partial charge in [-0.3, -0.25) is 9.59 Å². The minimum absolute atomic E-state index is 0.193. The van der Waals surface area contributed by atoms with Crippen LogP contribution in [0.5, 0.6) is 5.75 Å². The number of benzene rings is 2. The molecule has 2 amide bonds. The van der Waals surface area contributed by atoms with E-state index in [0.29, 0.717) is 22.7 Å².